The molecule has 0 saturated carbocycles. The van der Waals surface area contributed by atoms with Gasteiger partial charge in [-0.05, 0) is 42.6 Å². The lowest BCUT2D eigenvalue weighted by atomic mass is 9.98. The van der Waals surface area contributed by atoms with Crippen LogP contribution in [-0.2, 0) is 32.7 Å². The van der Waals surface area contributed by atoms with Crippen molar-refractivity contribution in [1.82, 2.24) is 5.16 Å². The maximum absolute atomic E-state index is 14.2. The Bertz CT molecular complexity index is 1280. The molecule has 196 valence electrons. The molecule has 0 spiro atoms. The average Bonchev–Trinajstić information content (AvgIpc) is 3.16. The zero-order valence-corrected chi connectivity index (χ0v) is 23.7. The lowest BCUT2D eigenvalue weighted by Gasteiger charge is -2.24. The summed E-state index contributed by atoms with van der Waals surface area (Å²) in [6, 6.07) is 13.2. The van der Waals surface area contributed by atoms with Crippen LogP contribution in [0.5, 0.6) is 0 Å². The van der Waals surface area contributed by atoms with E-state index < -0.39 is 18.1 Å². The van der Waals surface area contributed by atoms with E-state index in [-0.39, 0.29) is 30.7 Å². The Morgan fingerprint density at radius 3 is 2.42 bits per heavy atom. The molecule has 3 aromatic rings. The minimum Gasteiger partial charge on any atom is -0.392 e. The van der Waals surface area contributed by atoms with Gasteiger partial charge in [0, 0.05) is 32.9 Å². The summed E-state index contributed by atoms with van der Waals surface area (Å²) in [7, 11) is -3.89. The molecule has 2 aromatic carbocycles. The van der Waals surface area contributed by atoms with Crippen LogP contribution in [0.4, 0.5) is 5.88 Å². The van der Waals surface area contributed by atoms with Crippen molar-refractivity contribution in [3.05, 3.63) is 64.8 Å². The van der Waals surface area contributed by atoms with Gasteiger partial charge in [0.15, 0.2) is 0 Å². The average molecular weight is 533 g/mol. The third kappa shape index (κ3) is 6.43. The molecule has 3 rings (SSSR count). The first-order valence-electron chi connectivity index (χ1n) is 11.8. The van der Waals surface area contributed by atoms with Crippen LogP contribution < -0.4 is 4.31 Å². The minimum absolute atomic E-state index is 0.112. The summed E-state index contributed by atoms with van der Waals surface area (Å²) in [6.07, 6.45) is 0. The van der Waals surface area contributed by atoms with Crippen molar-refractivity contribution in [1.29, 1.82) is 0 Å². The summed E-state index contributed by atoms with van der Waals surface area (Å²) in [5.74, 6) is 0.142. The molecular weight excluding hydrogens is 496 g/mol. The van der Waals surface area contributed by atoms with Gasteiger partial charge in [0.2, 0.25) is 5.88 Å². The number of methoxy groups -OCH3 is 1. The highest BCUT2D eigenvalue weighted by atomic mass is 32.2. The van der Waals surface area contributed by atoms with E-state index in [0.29, 0.717) is 29.0 Å². The zero-order chi connectivity index (χ0) is 26.5. The Labute approximate surface area is 214 Å². The number of rotatable bonds is 12. The molecule has 0 atom stereocenters. The Morgan fingerprint density at radius 2 is 1.81 bits per heavy atom. The van der Waals surface area contributed by atoms with Crippen molar-refractivity contribution in [2.75, 3.05) is 24.8 Å². The molecular formula is C26H36N2O6SSi. The number of ether oxygens (including phenoxy) is 2. The van der Waals surface area contributed by atoms with Crippen LogP contribution in [0, 0.1) is 13.8 Å². The van der Waals surface area contributed by atoms with Gasteiger partial charge < -0.3 is 19.1 Å². The number of hydrogen-bond acceptors (Lipinski definition) is 7. The molecule has 0 bridgehead atoms. The molecule has 1 heterocycles. The fourth-order valence-corrected chi connectivity index (χ4v) is 6.02. The highest BCUT2D eigenvalue weighted by Gasteiger charge is 2.33. The third-order valence-electron chi connectivity index (χ3n) is 5.96. The fourth-order valence-electron chi connectivity index (χ4n) is 3.71. The number of nitrogens with zero attached hydrogens (tertiary/aromatic N) is 2. The van der Waals surface area contributed by atoms with Gasteiger partial charge in [0.05, 0.1) is 23.8 Å². The number of anilines is 1. The molecule has 0 saturated heterocycles. The second-order valence-corrected chi connectivity index (χ2v) is 17.4. The van der Waals surface area contributed by atoms with Gasteiger partial charge in [-0.25, -0.2) is 12.7 Å². The van der Waals surface area contributed by atoms with Gasteiger partial charge in [0.1, 0.15) is 6.73 Å². The molecule has 1 N–H and O–H groups in total. The molecule has 0 aliphatic carbocycles. The van der Waals surface area contributed by atoms with Crippen LogP contribution in [0.1, 0.15) is 22.4 Å². The van der Waals surface area contributed by atoms with Crippen LogP contribution >= 0.6 is 0 Å². The standard InChI is InChI=1S/C26H36N2O6SSi/c1-19-20(2)27-34-26(19)28(18-33-13-14-36(4,5)6)35(30,31)25-10-8-7-9-24(25)23-12-11-21(16-29)15-22(23)17-32-3/h7-12,15,29H,13-14,16-18H2,1-6H3. The smallest absolute Gasteiger partial charge is 0.269 e. The molecule has 0 amide bonds. The largest absolute Gasteiger partial charge is 0.392 e. The van der Waals surface area contributed by atoms with Crippen molar-refractivity contribution >= 4 is 24.0 Å². The molecule has 10 heteroatoms. The lowest BCUT2D eigenvalue weighted by Crippen LogP contribution is -2.34. The second kappa shape index (κ2) is 11.7. The Morgan fingerprint density at radius 1 is 1.08 bits per heavy atom. The first kappa shape index (κ1) is 28.1. The van der Waals surface area contributed by atoms with Crippen molar-refractivity contribution < 1.29 is 27.5 Å². The van der Waals surface area contributed by atoms with E-state index in [1.807, 2.05) is 12.1 Å². The van der Waals surface area contributed by atoms with Crippen molar-refractivity contribution in [2.24, 2.45) is 0 Å². The summed E-state index contributed by atoms with van der Waals surface area (Å²) in [5.41, 5.74) is 3.97. The van der Waals surface area contributed by atoms with Gasteiger partial charge in [-0.2, -0.15) is 0 Å². The monoisotopic (exact) mass is 532 g/mol. The van der Waals surface area contributed by atoms with E-state index in [9.17, 15) is 13.5 Å². The number of benzene rings is 2. The Kier molecular flexibility index (Phi) is 9.12. The van der Waals surface area contributed by atoms with E-state index in [2.05, 4.69) is 24.8 Å². The normalized spacial score (nSPS) is 12.2. The molecule has 0 radical (unpaired) electrons. The van der Waals surface area contributed by atoms with E-state index in [1.54, 1.807) is 51.3 Å². The number of aryl methyl sites for hydroxylation is 1. The molecule has 0 fully saturated rings. The molecule has 1 aromatic heterocycles. The Hall–Kier alpha value is -2.50. The number of aromatic nitrogens is 1. The van der Waals surface area contributed by atoms with Gasteiger partial charge in [-0.15, -0.1) is 0 Å². The Balaban J connectivity index is 2.09. The molecule has 0 unspecified atom stereocenters. The lowest BCUT2D eigenvalue weighted by molar-refractivity contribution is 0.153. The van der Waals surface area contributed by atoms with Crippen LogP contribution in [-0.4, -0.2) is 47.2 Å². The topological polar surface area (TPSA) is 102 Å². The summed E-state index contributed by atoms with van der Waals surface area (Å²) in [6.45, 7) is 10.7. The van der Waals surface area contributed by atoms with Crippen molar-refractivity contribution in [3.8, 4) is 11.1 Å². The second-order valence-electron chi connectivity index (χ2n) is 9.98. The van der Waals surface area contributed by atoms with Gasteiger partial charge in [-0.3, -0.25) is 0 Å². The number of hydrogen-bond donors (Lipinski definition) is 1. The van der Waals surface area contributed by atoms with E-state index in [0.717, 1.165) is 21.5 Å². The summed E-state index contributed by atoms with van der Waals surface area (Å²) < 4.78 is 46.2. The van der Waals surface area contributed by atoms with E-state index in [4.69, 9.17) is 14.0 Å². The third-order valence-corrected chi connectivity index (χ3v) is 9.43. The van der Waals surface area contributed by atoms with Crippen LogP contribution in [0.25, 0.3) is 11.1 Å². The van der Waals surface area contributed by atoms with Crippen molar-refractivity contribution in [2.45, 2.75) is 57.6 Å². The molecule has 0 aliphatic rings. The number of aliphatic hydroxyl groups excluding tert-OH is 1. The van der Waals surface area contributed by atoms with Crippen molar-refractivity contribution in [3.63, 3.8) is 0 Å². The molecule has 8 nitrogen and oxygen atoms in total. The minimum atomic E-state index is -4.11. The van der Waals surface area contributed by atoms with Crippen LogP contribution in [0.3, 0.4) is 0 Å². The predicted octanol–water partition coefficient (Wildman–Crippen LogP) is 5.10. The highest BCUT2D eigenvalue weighted by molar-refractivity contribution is 7.93. The first-order valence-corrected chi connectivity index (χ1v) is 17.0. The number of sulfonamides is 1. The zero-order valence-electron chi connectivity index (χ0n) is 21.9. The first-order chi connectivity index (χ1) is 17.0. The van der Waals surface area contributed by atoms with E-state index >= 15 is 0 Å². The predicted molar refractivity (Wildman–Crippen MR) is 143 cm³/mol. The van der Waals surface area contributed by atoms with Crippen LogP contribution in [0.2, 0.25) is 25.7 Å². The van der Waals surface area contributed by atoms with Gasteiger partial charge in [0.25, 0.3) is 10.0 Å². The molecule has 36 heavy (non-hydrogen) atoms. The summed E-state index contributed by atoms with van der Waals surface area (Å²) >= 11 is 0. The maximum Gasteiger partial charge on any atom is 0.269 e. The SMILES string of the molecule is COCc1cc(CO)ccc1-c1ccccc1S(=O)(=O)N(COCC[Si](C)(C)C)c1onc(C)c1C. The van der Waals surface area contributed by atoms with Gasteiger partial charge in [-0.1, -0.05) is 61.2 Å². The number of aliphatic hydroxyl groups is 1. The van der Waals surface area contributed by atoms with E-state index in [1.165, 1.54) is 0 Å². The quantitative estimate of drug-likeness (QED) is 0.197. The summed E-state index contributed by atoms with van der Waals surface area (Å²) in [5, 5.41) is 13.6. The van der Waals surface area contributed by atoms with Gasteiger partial charge >= 0.3 is 0 Å². The fraction of sp³-hybridized carbons (Fsp3) is 0.423. The summed E-state index contributed by atoms with van der Waals surface area (Å²) in [4.78, 5) is 0.112. The maximum atomic E-state index is 14.2. The molecule has 0 aliphatic heterocycles. The highest BCUT2D eigenvalue weighted by Crippen LogP contribution is 2.35. The van der Waals surface area contributed by atoms with Crippen LogP contribution in [0.15, 0.2) is 51.9 Å².